The Kier molecular flexibility index (Phi) is 4.11. The largest absolute Gasteiger partial charge is 0.493 e. The molecule has 1 heterocycles. The molecule has 4 nitrogen and oxygen atoms in total. The first-order chi connectivity index (χ1) is 10.7. The van der Waals surface area contributed by atoms with E-state index in [1.165, 1.54) is 0 Å². The second kappa shape index (κ2) is 6.20. The summed E-state index contributed by atoms with van der Waals surface area (Å²) in [6, 6.07) is 13.7. The van der Waals surface area contributed by atoms with E-state index in [4.69, 9.17) is 21.1 Å². The molecule has 0 aliphatic rings. The highest BCUT2D eigenvalue weighted by Gasteiger charge is 2.16. The van der Waals surface area contributed by atoms with Crippen LogP contribution in [0.1, 0.15) is 5.56 Å². The topological polar surface area (TPSA) is 35.2 Å². The molecule has 0 N–H and O–H groups in total. The highest BCUT2D eigenvalue weighted by molar-refractivity contribution is 6.33. The monoisotopic (exact) mass is 315 g/mol. The number of ether oxygens (including phenoxy) is 2. The first-order valence-corrected chi connectivity index (χ1v) is 7.25. The molecule has 1 aromatic heterocycles. The molecule has 22 heavy (non-hydrogen) atoms. The third-order valence-electron chi connectivity index (χ3n) is 3.42. The van der Waals surface area contributed by atoms with Gasteiger partial charge in [-0.15, -0.1) is 0 Å². The number of aromatic nitrogens is 2. The maximum atomic E-state index is 6.31. The molecular formula is C17H16ClN2O2+. The molecular weight excluding hydrogens is 300 g/mol. The molecule has 2 aromatic carbocycles. The van der Waals surface area contributed by atoms with Gasteiger partial charge in [0.25, 0.3) is 6.33 Å². The van der Waals surface area contributed by atoms with E-state index in [2.05, 4.69) is 4.98 Å². The van der Waals surface area contributed by atoms with Crippen molar-refractivity contribution < 1.29 is 14.0 Å². The van der Waals surface area contributed by atoms with E-state index >= 15 is 0 Å². The van der Waals surface area contributed by atoms with Crippen molar-refractivity contribution in [3.05, 3.63) is 59.5 Å². The fraction of sp³-hybridized carbons (Fsp3) is 0.176. The predicted octanol–water partition coefficient (Wildman–Crippen LogP) is 3.30. The van der Waals surface area contributed by atoms with Crippen LogP contribution in [0, 0.1) is 0 Å². The van der Waals surface area contributed by atoms with E-state index in [9.17, 15) is 0 Å². The number of halogens is 1. The van der Waals surface area contributed by atoms with Gasteiger partial charge in [-0.05, 0) is 22.1 Å². The van der Waals surface area contributed by atoms with E-state index in [1.807, 2.05) is 49.5 Å². The van der Waals surface area contributed by atoms with Crippen molar-refractivity contribution in [2.75, 3.05) is 7.11 Å². The van der Waals surface area contributed by atoms with Crippen LogP contribution in [0.5, 0.6) is 11.5 Å². The van der Waals surface area contributed by atoms with Gasteiger partial charge in [0.2, 0.25) is 5.15 Å². The predicted molar refractivity (Wildman–Crippen MR) is 85.3 cm³/mol. The minimum Gasteiger partial charge on any atom is -0.493 e. The standard InChI is InChI=1S/C17H16ClN2O2/c1-20-11-19-14-9-16(15(21-2)8-13(14)17(20)18)22-10-12-6-4-3-5-7-12/h3-9,11H,10H2,1-2H3/q+1. The SMILES string of the molecule is COc1cc2c(Cl)[n+](C)cnc2cc1OCc1ccccc1. The van der Waals surface area contributed by atoms with Crippen molar-refractivity contribution in [3.8, 4) is 11.5 Å². The van der Waals surface area contributed by atoms with Crippen LogP contribution in [0.3, 0.4) is 0 Å². The van der Waals surface area contributed by atoms with Crippen LogP contribution in [-0.4, -0.2) is 12.1 Å². The summed E-state index contributed by atoms with van der Waals surface area (Å²) in [5, 5.41) is 1.44. The number of benzene rings is 2. The van der Waals surface area contributed by atoms with Crippen molar-refractivity contribution in [3.63, 3.8) is 0 Å². The van der Waals surface area contributed by atoms with Crippen LogP contribution < -0.4 is 14.0 Å². The van der Waals surface area contributed by atoms with Gasteiger partial charge in [0.05, 0.1) is 19.5 Å². The molecule has 0 aliphatic heterocycles. The average molecular weight is 316 g/mol. The van der Waals surface area contributed by atoms with Crippen molar-refractivity contribution >= 4 is 22.5 Å². The molecule has 0 amide bonds. The molecule has 5 heteroatoms. The van der Waals surface area contributed by atoms with Gasteiger partial charge < -0.3 is 9.47 Å². The maximum absolute atomic E-state index is 6.31. The van der Waals surface area contributed by atoms with Crippen LogP contribution in [-0.2, 0) is 13.7 Å². The zero-order valence-corrected chi connectivity index (χ0v) is 13.2. The number of nitrogens with zero attached hydrogens (tertiary/aromatic N) is 2. The van der Waals surface area contributed by atoms with Crippen molar-refractivity contribution in [1.29, 1.82) is 0 Å². The van der Waals surface area contributed by atoms with Gasteiger partial charge in [-0.3, -0.25) is 0 Å². The van der Waals surface area contributed by atoms with Crippen LogP contribution in [0.15, 0.2) is 48.8 Å². The van der Waals surface area contributed by atoms with Gasteiger partial charge in [0.15, 0.2) is 17.0 Å². The van der Waals surface area contributed by atoms with Gasteiger partial charge in [0, 0.05) is 12.1 Å². The normalized spacial score (nSPS) is 10.7. The van der Waals surface area contributed by atoms with Gasteiger partial charge in [0.1, 0.15) is 6.61 Å². The summed E-state index contributed by atoms with van der Waals surface area (Å²) in [5.41, 5.74) is 1.86. The molecule has 0 saturated heterocycles. The second-order valence-corrected chi connectivity index (χ2v) is 5.30. The van der Waals surface area contributed by atoms with Gasteiger partial charge in [-0.2, -0.15) is 0 Å². The Balaban J connectivity index is 1.97. The Morgan fingerprint density at radius 3 is 2.64 bits per heavy atom. The molecule has 112 valence electrons. The van der Waals surface area contributed by atoms with E-state index in [0.717, 1.165) is 16.5 Å². The van der Waals surface area contributed by atoms with Crippen LogP contribution in [0.2, 0.25) is 5.15 Å². The second-order valence-electron chi connectivity index (χ2n) is 4.94. The summed E-state index contributed by atoms with van der Waals surface area (Å²) in [6.07, 6.45) is 1.68. The first kappa shape index (κ1) is 14.6. The lowest BCUT2D eigenvalue weighted by molar-refractivity contribution is -0.670. The fourth-order valence-corrected chi connectivity index (χ4v) is 2.41. The van der Waals surface area contributed by atoms with Crippen LogP contribution in [0.25, 0.3) is 10.9 Å². The van der Waals surface area contributed by atoms with Gasteiger partial charge in [-0.25, -0.2) is 4.57 Å². The summed E-state index contributed by atoms with van der Waals surface area (Å²) >= 11 is 6.31. The Morgan fingerprint density at radius 1 is 1.14 bits per heavy atom. The number of hydrogen-bond acceptors (Lipinski definition) is 3. The molecule has 0 aliphatic carbocycles. The average Bonchev–Trinajstić information content (AvgIpc) is 2.57. The fourth-order valence-electron chi connectivity index (χ4n) is 2.22. The summed E-state index contributed by atoms with van der Waals surface area (Å²) in [6.45, 7) is 0.469. The maximum Gasteiger partial charge on any atom is 0.287 e. The molecule has 0 fully saturated rings. The molecule has 0 radical (unpaired) electrons. The highest BCUT2D eigenvalue weighted by atomic mass is 35.5. The molecule has 0 unspecified atom stereocenters. The number of methoxy groups -OCH3 is 1. The van der Waals surface area contributed by atoms with Gasteiger partial charge >= 0.3 is 0 Å². The molecule has 3 aromatic rings. The molecule has 3 rings (SSSR count). The Morgan fingerprint density at radius 2 is 1.91 bits per heavy atom. The van der Waals surface area contributed by atoms with E-state index in [1.54, 1.807) is 18.0 Å². The third kappa shape index (κ3) is 2.83. The van der Waals surface area contributed by atoms with Crippen molar-refractivity contribution in [2.24, 2.45) is 7.05 Å². The van der Waals surface area contributed by atoms with E-state index in [0.29, 0.717) is 23.3 Å². The molecule has 0 atom stereocenters. The minimum absolute atomic E-state index is 0.469. The zero-order chi connectivity index (χ0) is 15.5. The number of hydrogen-bond donors (Lipinski definition) is 0. The van der Waals surface area contributed by atoms with Gasteiger partial charge in [-0.1, -0.05) is 30.3 Å². The van der Waals surface area contributed by atoms with E-state index in [-0.39, 0.29) is 0 Å². The Bertz CT molecular complexity index is 807. The lowest BCUT2D eigenvalue weighted by Gasteiger charge is -2.11. The molecule has 0 saturated carbocycles. The zero-order valence-electron chi connectivity index (χ0n) is 12.4. The summed E-state index contributed by atoms with van der Waals surface area (Å²) in [5.74, 6) is 1.29. The molecule has 0 spiro atoms. The first-order valence-electron chi connectivity index (χ1n) is 6.87. The Hall–Kier alpha value is -2.33. The number of fused-ring (bicyclic) bond motifs is 1. The van der Waals surface area contributed by atoms with E-state index < -0.39 is 0 Å². The van der Waals surface area contributed by atoms with Crippen molar-refractivity contribution in [2.45, 2.75) is 6.61 Å². The lowest BCUT2D eigenvalue weighted by Crippen LogP contribution is -2.29. The highest BCUT2D eigenvalue weighted by Crippen LogP contribution is 2.33. The Labute approximate surface area is 133 Å². The number of rotatable bonds is 4. The quantitative estimate of drug-likeness (QED) is 0.547. The summed E-state index contributed by atoms with van der Waals surface area (Å²) < 4.78 is 13.1. The molecule has 0 bridgehead atoms. The number of aryl methyl sites for hydroxylation is 1. The third-order valence-corrected chi connectivity index (χ3v) is 3.89. The summed E-state index contributed by atoms with van der Waals surface area (Å²) in [7, 11) is 3.46. The summed E-state index contributed by atoms with van der Waals surface area (Å²) in [4.78, 5) is 4.38. The van der Waals surface area contributed by atoms with Crippen LogP contribution in [0.4, 0.5) is 0 Å². The van der Waals surface area contributed by atoms with Crippen molar-refractivity contribution in [1.82, 2.24) is 4.98 Å². The van der Waals surface area contributed by atoms with Crippen LogP contribution >= 0.6 is 11.6 Å². The minimum atomic E-state index is 0.469. The smallest absolute Gasteiger partial charge is 0.287 e. The lowest BCUT2D eigenvalue weighted by atomic mass is 10.2.